The molecule has 1 aromatic carbocycles. The Hall–Kier alpha value is -2.52. The van der Waals surface area contributed by atoms with E-state index in [2.05, 4.69) is 5.32 Å². The highest BCUT2D eigenvalue weighted by atomic mass is 32.2. The molecule has 1 aliphatic rings. The van der Waals surface area contributed by atoms with Gasteiger partial charge in [-0.1, -0.05) is 6.42 Å². The van der Waals surface area contributed by atoms with E-state index in [9.17, 15) is 13.2 Å². The Morgan fingerprint density at radius 1 is 1.07 bits per heavy atom. The van der Waals surface area contributed by atoms with Crippen LogP contribution in [0.15, 0.2) is 35.4 Å². The van der Waals surface area contributed by atoms with Crippen LogP contribution in [-0.4, -0.2) is 50.5 Å². The smallest absolute Gasteiger partial charge is 0.272 e. The van der Waals surface area contributed by atoms with Crippen molar-refractivity contribution < 1.29 is 22.7 Å². The monoisotopic (exact) mass is 407 g/mol. The summed E-state index contributed by atoms with van der Waals surface area (Å²) in [6, 6.07) is 6.45. The zero-order chi connectivity index (χ0) is 20.3. The van der Waals surface area contributed by atoms with E-state index in [0.29, 0.717) is 30.3 Å². The van der Waals surface area contributed by atoms with Crippen LogP contribution in [-0.2, 0) is 17.1 Å². The predicted octanol–water partition coefficient (Wildman–Crippen LogP) is 2.47. The van der Waals surface area contributed by atoms with E-state index in [1.165, 1.54) is 28.2 Å². The van der Waals surface area contributed by atoms with E-state index in [1.54, 1.807) is 32.4 Å². The van der Waals surface area contributed by atoms with Crippen molar-refractivity contribution in [3.05, 3.63) is 36.2 Å². The third kappa shape index (κ3) is 4.00. The van der Waals surface area contributed by atoms with Crippen LogP contribution in [0, 0.1) is 0 Å². The lowest BCUT2D eigenvalue weighted by Gasteiger charge is -2.25. The molecule has 1 saturated heterocycles. The van der Waals surface area contributed by atoms with Gasteiger partial charge in [0.2, 0.25) is 10.0 Å². The number of hydrogen-bond acceptors (Lipinski definition) is 5. The molecular weight excluding hydrogens is 382 g/mol. The van der Waals surface area contributed by atoms with Gasteiger partial charge in [0.25, 0.3) is 5.91 Å². The fraction of sp³-hybridized carbons (Fsp3) is 0.421. The maximum atomic E-state index is 12.9. The summed E-state index contributed by atoms with van der Waals surface area (Å²) in [7, 11) is 1.09. The first-order valence-corrected chi connectivity index (χ1v) is 10.5. The number of carbonyl (C=O) groups is 1. The van der Waals surface area contributed by atoms with Crippen molar-refractivity contribution in [2.24, 2.45) is 7.05 Å². The zero-order valence-corrected chi connectivity index (χ0v) is 17.1. The molecule has 2 heterocycles. The zero-order valence-electron chi connectivity index (χ0n) is 16.3. The van der Waals surface area contributed by atoms with Crippen LogP contribution in [0.4, 0.5) is 5.69 Å². The third-order valence-corrected chi connectivity index (χ3v) is 6.69. The summed E-state index contributed by atoms with van der Waals surface area (Å²) in [6.45, 7) is 1.03. The van der Waals surface area contributed by atoms with Crippen LogP contribution in [0.25, 0.3) is 0 Å². The van der Waals surface area contributed by atoms with Gasteiger partial charge in [0, 0.05) is 32.4 Å². The molecule has 1 fully saturated rings. The predicted molar refractivity (Wildman–Crippen MR) is 106 cm³/mol. The lowest BCUT2D eigenvalue weighted by Crippen LogP contribution is -2.35. The Labute approximate surface area is 165 Å². The highest BCUT2D eigenvalue weighted by molar-refractivity contribution is 7.89. The average Bonchev–Trinajstić information content (AvgIpc) is 3.11. The number of rotatable bonds is 6. The minimum absolute atomic E-state index is 0.128. The first-order chi connectivity index (χ1) is 13.4. The van der Waals surface area contributed by atoms with E-state index in [4.69, 9.17) is 9.47 Å². The molecule has 2 aromatic rings. The molecule has 0 radical (unpaired) electrons. The largest absolute Gasteiger partial charge is 0.497 e. The van der Waals surface area contributed by atoms with Gasteiger partial charge in [-0.25, -0.2) is 8.42 Å². The molecule has 9 heteroatoms. The second-order valence-electron chi connectivity index (χ2n) is 6.66. The molecule has 0 spiro atoms. The Bertz CT molecular complexity index is 962. The molecule has 1 N–H and O–H groups in total. The number of nitrogens with zero attached hydrogens (tertiary/aromatic N) is 2. The molecule has 1 aliphatic heterocycles. The molecule has 1 amide bonds. The number of aromatic nitrogens is 1. The van der Waals surface area contributed by atoms with Gasteiger partial charge in [-0.15, -0.1) is 0 Å². The first-order valence-electron chi connectivity index (χ1n) is 9.06. The quantitative estimate of drug-likeness (QED) is 0.795. The molecule has 0 saturated carbocycles. The van der Waals surface area contributed by atoms with Crippen LogP contribution in [0.5, 0.6) is 11.5 Å². The van der Waals surface area contributed by atoms with Crippen LogP contribution in [0.1, 0.15) is 29.8 Å². The lowest BCUT2D eigenvalue weighted by atomic mass is 10.2. The van der Waals surface area contributed by atoms with E-state index >= 15 is 0 Å². The number of benzene rings is 1. The van der Waals surface area contributed by atoms with E-state index < -0.39 is 15.9 Å². The van der Waals surface area contributed by atoms with Gasteiger partial charge in [0.15, 0.2) is 0 Å². The molecule has 3 rings (SSSR count). The summed E-state index contributed by atoms with van der Waals surface area (Å²) in [4.78, 5) is 12.9. The number of sulfonamides is 1. The molecule has 1 aromatic heterocycles. The van der Waals surface area contributed by atoms with Crippen LogP contribution >= 0.6 is 0 Å². The van der Waals surface area contributed by atoms with Gasteiger partial charge < -0.3 is 19.4 Å². The molecule has 0 bridgehead atoms. The van der Waals surface area contributed by atoms with Gasteiger partial charge in [-0.05, 0) is 31.0 Å². The number of methoxy groups -OCH3 is 2. The molecular formula is C19H25N3O5S. The summed E-state index contributed by atoms with van der Waals surface area (Å²) >= 11 is 0. The first kappa shape index (κ1) is 20.2. The van der Waals surface area contributed by atoms with Crippen molar-refractivity contribution in [3.63, 3.8) is 0 Å². The standard InChI is InChI=1S/C19H25N3O5S/c1-21-13-15(28(24,25)22-9-5-4-6-10-22)12-17(21)19(23)20-16-8-7-14(26-2)11-18(16)27-3/h7-8,11-13H,4-6,9-10H2,1-3H3,(H,20,23). The number of anilines is 1. The number of aryl methyl sites for hydroxylation is 1. The highest BCUT2D eigenvalue weighted by Crippen LogP contribution is 2.30. The minimum Gasteiger partial charge on any atom is -0.497 e. The van der Waals surface area contributed by atoms with Gasteiger partial charge in [-0.3, -0.25) is 4.79 Å². The van der Waals surface area contributed by atoms with Crippen molar-refractivity contribution in [2.45, 2.75) is 24.2 Å². The van der Waals surface area contributed by atoms with Crippen LogP contribution in [0.3, 0.4) is 0 Å². The summed E-state index contributed by atoms with van der Waals surface area (Å²) in [5.41, 5.74) is 0.711. The second kappa shape index (κ2) is 8.24. The highest BCUT2D eigenvalue weighted by Gasteiger charge is 2.28. The summed E-state index contributed by atoms with van der Waals surface area (Å²) < 4.78 is 39.1. The molecule has 0 unspecified atom stereocenters. The van der Waals surface area contributed by atoms with Crippen molar-refractivity contribution in [1.82, 2.24) is 8.87 Å². The lowest BCUT2D eigenvalue weighted by molar-refractivity contribution is 0.101. The number of amides is 1. The normalized spacial score (nSPS) is 15.2. The van der Waals surface area contributed by atoms with Gasteiger partial charge >= 0.3 is 0 Å². The van der Waals surface area contributed by atoms with E-state index in [-0.39, 0.29) is 10.6 Å². The van der Waals surface area contributed by atoms with Gasteiger partial charge in [0.05, 0.1) is 19.9 Å². The van der Waals surface area contributed by atoms with Crippen LogP contribution < -0.4 is 14.8 Å². The number of piperidine rings is 1. The average molecular weight is 407 g/mol. The van der Waals surface area contributed by atoms with Crippen molar-refractivity contribution in [2.75, 3.05) is 32.6 Å². The Morgan fingerprint density at radius 2 is 1.79 bits per heavy atom. The topological polar surface area (TPSA) is 89.9 Å². The molecule has 28 heavy (non-hydrogen) atoms. The Kier molecular flexibility index (Phi) is 5.95. The minimum atomic E-state index is -3.60. The number of ether oxygens (including phenoxy) is 2. The van der Waals surface area contributed by atoms with E-state index in [1.807, 2.05) is 0 Å². The summed E-state index contributed by atoms with van der Waals surface area (Å²) in [6.07, 6.45) is 4.23. The van der Waals surface area contributed by atoms with Crippen molar-refractivity contribution in [1.29, 1.82) is 0 Å². The maximum absolute atomic E-state index is 12.9. The van der Waals surface area contributed by atoms with Crippen molar-refractivity contribution >= 4 is 21.6 Å². The van der Waals surface area contributed by atoms with Gasteiger partial charge in [-0.2, -0.15) is 4.31 Å². The number of carbonyl (C=O) groups excluding carboxylic acids is 1. The summed E-state index contributed by atoms with van der Waals surface area (Å²) in [5, 5.41) is 2.77. The third-order valence-electron chi connectivity index (χ3n) is 4.82. The Balaban J connectivity index is 1.84. The van der Waals surface area contributed by atoms with Crippen molar-refractivity contribution in [3.8, 4) is 11.5 Å². The number of hydrogen-bond donors (Lipinski definition) is 1. The van der Waals surface area contributed by atoms with E-state index in [0.717, 1.165) is 19.3 Å². The second-order valence-corrected chi connectivity index (χ2v) is 8.59. The SMILES string of the molecule is COc1ccc(NC(=O)c2cc(S(=O)(=O)N3CCCCC3)cn2C)c(OC)c1. The summed E-state index contributed by atoms with van der Waals surface area (Å²) in [5.74, 6) is 0.623. The molecule has 8 nitrogen and oxygen atoms in total. The Morgan fingerprint density at radius 3 is 2.43 bits per heavy atom. The number of nitrogens with one attached hydrogen (secondary N) is 1. The molecule has 0 atom stereocenters. The fourth-order valence-electron chi connectivity index (χ4n) is 3.24. The van der Waals surface area contributed by atoms with Gasteiger partial charge in [0.1, 0.15) is 22.1 Å². The maximum Gasteiger partial charge on any atom is 0.272 e. The molecule has 152 valence electrons. The fourth-order valence-corrected chi connectivity index (χ4v) is 4.83. The van der Waals surface area contributed by atoms with Crippen LogP contribution in [0.2, 0.25) is 0 Å². The molecule has 0 aliphatic carbocycles.